The number of aryl methyl sites for hydroxylation is 2. The molecule has 8 nitrogen and oxygen atoms in total. The minimum atomic E-state index is -4.80. The Balaban J connectivity index is 2.06. The molecular weight excluding hydrogens is 417 g/mol. The molecule has 1 amide bonds. The van der Waals surface area contributed by atoms with Crippen molar-refractivity contribution in [3.05, 3.63) is 47.5 Å². The summed E-state index contributed by atoms with van der Waals surface area (Å²) in [5.74, 6) is -0.314. The number of hydrogen-bond donors (Lipinski definition) is 2. The number of amides is 1. The average Bonchev–Trinajstić information content (AvgIpc) is 3.05. The standard InChI is InChI=1S/C20H19F3N4O4/c1-10(9-28)24-19(29)16-8-15(13-4-6-14(7-5-13)30-20(21,22)23)25-18(26-16)17-11(2)27-31-12(17)3/h4-8,10,28H,9H2,1-3H3,(H,24,29). The topological polar surface area (TPSA) is 110 Å². The van der Waals surface area contributed by atoms with E-state index in [1.807, 2.05) is 0 Å². The molecule has 1 atom stereocenters. The third-order valence-corrected chi connectivity index (χ3v) is 4.25. The molecule has 2 N–H and O–H groups in total. The third-order valence-electron chi connectivity index (χ3n) is 4.25. The van der Waals surface area contributed by atoms with Crippen molar-refractivity contribution in [3.63, 3.8) is 0 Å². The van der Waals surface area contributed by atoms with Crippen molar-refractivity contribution in [1.82, 2.24) is 20.4 Å². The van der Waals surface area contributed by atoms with E-state index in [9.17, 15) is 23.1 Å². The first-order chi connectivity index (χ1) is 14.6. The molecule has 1 aromatic carbocycles. The Morgan fingerprint density at radius 3 is 2.45 bits per heavy atom. The van der Waals surface area contributed by atoms with Crippen LogP contribution in [0.1, 0.15) is 28.9 Å². The van der Waals surface area contributed by atoms with Gasteiger partial charge < -0.3 is 19.7 Å². The number of carbonyl (C=O) groups excluding carboxylic acids is 1. The van der Waals surface area contributed by atoms with Crippen LogP contribution in [0.4, 0.5) is 13.2 Å². The average molecular weight is 436 g/mol. The Kier molecular flexibility index (Phi) is 6.25. The highest BCUT2D eigenvalue weighted by molar-refractivity contribution is 5.94. The van der Waals surface area contributed by atoms with Crippen LogP contribution in [-0.2, 0) is 0 Å². The van der Waals surface area contributed by atoms with Crippen molar-refractivity contribution < 1.29 is 32.3 Å². The van der Waals surface area contributed by atoms with Crippen LogP contribution in [0.15, 0.2) is 34.9 Å². The van der Waals surface area contributed by atoms with E-state index in [2.05, 4.69) is 25.2 Å². The zero-order chi connectivity index (χ0) is 22.8. The Morgan fingerprint density at radius 2 is 1.90 bits per heavy atom. The Morgan fingerprint density at radius 1 is 1.23 bits per heavy atom. The monoisotopic (exact) mass is 436 g/mol. The number of rotatable bonds is 6. The number of benzene rings is 1. The number of nitrogens with one attached hydrogen (secondary N) is 1. The van der Waals surface area contributed by atoms with E-state index in [1.54, 1.807) is 20.8 Å². The summed E-state index contributed by atoms with van der Waals surface area (Å²) in [5.41, 5.74) is 1.76. The van der Waals surface area contributed by atoms with Crippen LogP contribution < -0.4 is 10.1 Å². The Hall–Kier alpha value is -3.47. The quantitative estimate of drug-likeness (QED) is 0.609. The Labute approximate surface area is 175 Å². The molecular formula is C20H19F3N4O4. The van der Waals surface area contributed by atoms with Crippen LogP contribution in [0.5, 0.6) is 5.75 Å². The van der Waals surface area contributed by atoms with E-state index in [0.717, 1.165) is 12.1 Å². The van der Waals surface area contributed by atoms with E-state index in [0.29, 0.717) is 28.3 Å². The minimum Gasteiger partial charge on any atom is -0.406 e. The molecule has 2 heterocycles. The highest BCUT2D eigenvalue weighted by Crippen LogP contribution is 2.29. The summed E-state index contributed by atoms with van der Waals surface area (Å²) in [6, 6.07) is 5.97. The number of halogens is 3. The molecule has 164 valence electrons. The van der Waals surface area contributed by atoms with Crippen LogP contribution in [0.2, 0.25) is 0 Å². The van der Waals surface area contributed by atoms with E-state index in [4.69, 9.17) is 4.52 Å². The molecule has 1 unspecified atom stereocenters. The lowest BCUT2D eigenvalue weighted by Gasteiger charge is -2.13. The largest absolute Gasteiger partial charge is 0.573 e. The van der Waals surface area contributed by atoms with Crippen LogP contribution in [0.3, 0.4) is 0 Å². The van der Waals surface area contributed by atoms with Crippen LogP contribution in [0.25, 0.3) is 22.6 Å². The van der Waals surface area contributed by atoms with Gasteiger partial charge in [-0.05, 0) is 51.1 Å². The van der Waals surface area contributed by atoms with Crippen molar-refractivity contribution in [3.8, 4) is 28.4 Å². The van der Waals surface area contributed by atoms with Gasteiger partial charge in [-0.3, -0.25) is 4.79 Å². The second kappa shape index (κ2) is 8.72. The van der Waals surface area contributed by atoms with Gasteiger partial charge in [0.1, 0.15) is 17.2 Å². The van der Waals surface area contributed by atoms with Gasteiger partial charge >= 0.3 is 6.36 Å². The first-order valence-electron chi connectivity index (χ1n) is 9.17. The lowest BCUT2D eigenvalue weighted by Crippen LogP contribution is -2.35. The van der Waals surface area contributed by atoms with Crippen molar-refractivity contribution in [2.75, 3.05) is 6.61 Å². The zero-order valence-corrected chi connectivity index (χ0v) is 16.8. The predicted molar refractivity (Wildman–Crippen MR) is 103 cm³/mol. The molecule has 0 spiro atoms. The predicted octanol–water partition coefficient (Wildman–Crippen LogP) is 3.42. The Bertz CT molecular complexity index is 1060. The van der Waals surface area contributed by atoms with E-state index < -0.39 is 18.3 Å². The molecule has 0 radical (unpaired) electrons. The van der Waals surface area contributed by atoms with E-state index in [1.165, 1.54) is 18.2 Å². The second-order valence-electron chi connectivity index (χ2n) is 6.79. The van der Waals surface area contributed by atoms with Gasteiger partial charge in [0, 0.05) is 11.6 Å². The maximum absolute atomic E-state index is 12.6. The first kappa shape index (κ1) is 22.2. The second-order valence-corrected chi connectivity index (χ2v) is 6.79. The summed E-state index contributed by atoms with van der Waals surface area (Å²) in [7, 11) is 0. The summed E-state index contributed by atoms with van der Waals surface area (Å²) < 4.78 is 46.3. The molecule has 3 rings (SSSR count). The lowest BCUT2D eigenvalue weighted by atomic mass is 10.1. The lowest BCUT2D eigenvalue weighted by molar-refractivity contribution is -0.274. The van der Waals surface area contributed by atoms with Gasteiger partial charge in [-0.1, -0.05) is 5.16 Å². The first-order valence-corrected chi connectivity index (χ1v) is 9.17. The highest BCUT2D eigenvalue weighted by Gasteiger charge is 2.31. The fraction of sp³-hybridized carbons (Fsp3) is 0.300. The van der Waals surface area contributed by atoms with Gasteiger partial charge in [-0.25, -0.2) is 9.97 Å². The molecule has 0 aliphatic rings. The summed E-state index contributed by atoms with van der Waals surface area (Å²) in [6.07, 6.45) is -4.80. The van der Waals surface area contributed by atoms with Gasteiger partial charge in [0.15, 0.2) is 5.82 Å². The summed E-state index contributed by atoms with van der Waals surface area (Å²) >= 11 is 0. The summed E-state index contributed by atoms with van der Waals surface area (Å²) in [4.78, 5) is 21.4. The SMILES string of the molecule is Cc1noc(C)c1-c1nc(C(=O)NC(C)CO)cc(-c2ccc(OC(F)(F)F)cc2)n1. The van der Waals surface area contributed by atoms with Gasteiger partial charge in [0.2, 0.25) is 0 Å². The number of aromatic nitrogens is 3. The minimum absolute atomic E-state index is 0.0101. The van der Waals surface area contributed by atoms with Gasteiger partial charge in [0.05, 0.1) is 23.6 Å². The number of carbonyl (C=O) groups is 1. The molecule has 11 heteroatoms. The maximum atomic E-state index is 12.6. The molecule has 31 heavy (non-hydrogen) atoms. The van der Waals surface area contributed by atoms with Crippen molar-refractivity contribution in [1.29, 1.82) is 0 Å². The van der Waals surface area contributed by atoms with Crippen molar-refractivity contribution in [2.24, 2.45) is 0 Å². The maximum Gasteiger partial charge on any atom is 0.573 e. The molecule has 3 aromatic rings. The molecule has 0 saturated carbocycles. The van der Waals surface area contributed by atoms with E-state index in [-0.39, 0.29) is 23.9 Å². The number of nitrogens with zero attached hydrogens (tertiary/aromatic N) is 3. The highest BCUT2D eigenvalue weighted by atomic mass is 19.4. The van der Waals surface area contributed by atoms with Gasteiger partial charge in [-0.15, -0.1) is 13.2 Å². The fourth-order valence-electron chi connectivity index (χ4n) is 2.80. The van der Waals surface area contributed by atoms with Crippen LogP contribution >= 0.6 is 0 Å². The normalized spacial score (nSPS) is 12.5. The molecule has 0 aliphatic heterocycles. The van der Waals surface area contributed by atoms with Crippen LogP contribution in [0, 0.1) is 13.8 Å². The number of aliphatic hydroxyl groups is 1. The fourth-order valence-corrected chi connectivity index (χ4v) is 2.80. The summed E-state index contributed by atoms with van der Waals surface area (Å²) in [5, 5.41) is 15.7. The zero-order valence-electron chi connectivity index (χ0n) is 16.8. The van der Waals surface area contributed by atoms with Crippen LogP contribution in [-0.4, -0.2) is 45.1 Å². The number of hydrogen-bond acceptors (Lipinski definition) is 7. The summed E-state index contributed by atoms with van der Waals surface area (Å²) in [6.45, 7) is 4.72. The molecule has 2 aromatic heterocycles. The molecule has 0 saturated heterocycles. The number of aliphatic hydroxyl groups excluding tert-OH is 1. The number of alkyl halides is 3. The molecule has 0 bridgehead atoms. The van der Waals surface area contributed by atoms with Crippen molar-refractivity contribution in [2.45, 2.75) is 33.2 Å². The molecule has 0 aliphatic carbocycles. The van der Waals surface area contributed by atoms with Gasteiger partial charge in [0.25, 0.3) is 5.91 Å². The smallest absolute Gasteiger partial charge is 0.406 e. The third kappa shape index (κ3) is 5.37. The molecule has 0 fully saturated rings. The van der Waals surface area contributed by atoms with Gasteiger partial charge in [-0.2, -0.15) is 0 Å². The van der Waals surface area contributed by atoms with Crippen molar-refractivity contribution >= 4 is 5.91 Å². The number of ether oxygens (including phenoxy) is 1. The van der Waals surface area contributed by atoms with E-state index >= 15 is 0 Å².